The molecule has 1 saturated carbocycles. The fourth-order valence-corrected chi connectivity index (χ4v) is 3.09. The monoisotopic (exact) mass is 279 g/mol. The van der Waals surface area contributed by atoms with Gasteiger partial charge in [-0.25, -0.2) is 4.79 Å². The minimum Gasteiger partial charge on any atom is -0.462 e. The van der Waals surface area contributed by atoms with Crippen molar-refractivity contribution in [3.8, 4) is 11.3 Å². The number of fused-ring (bicyclic) bond motifs is 3. The van der Waals surface area contributed by atoms with Crippen LogP contribution in [0.2, 0.25) is 0 Å². The second kappa shape index (κ2) is 4.69. The van der Waals surface area contributed by atoms with Gasteiger partial charge in [-0.15, -0.1) is 0 Å². The van der Waals surface area contributed by atoms with Crippen LogP contribution in [0, 0.1) is 0 Å². The minimum absolute atomic E-state index is 0.231. The number of ether oxygens (including phenoxy) is 1. The predicted molar refractivity (Wildman–Crippen MR) is 80.4 cm³/mol. The first kappa shape index (κ1) is 12.6. The van der Waals surface area contributed by atoms with Gasteiger partial charge in [0.15, 0.2) is 0 Å². The molecule has 0 atom stereocenters. The van der Waals surface area contributed by atoms with Crippen molar-refractivity contribution >= 4 is 5.97 Å². The van der Waals surface area contributed by atoms with Gasteiger partial charge in [0.05, 0.1) is 23.6 Å². The summed E-state index contributed by atoms with van der Waals surface area (Å²) in [5.41, 5.74) is 6.31. The Morgan fingerprint density at radius 3 is 2.86 bits per heavy atom. The molecule has 0 amide bonds. The Kier molecular flexibility index (Phi) is 2.81. The molecule has 0 unspecified atom stereocenters. The number of rotatable bonds is 3. The van der Waals surface area contributed by atoms with Gasteiger partial charge in [0.2, 0.25) is 0 Å². The highest BCUT2D eigenvalue weighted by molar-refractivity contribution is 5.92. The summed E-state index contributed by atoms with van der Waals surface area (Å²) in [5, 5.41) is 0. The van der Waals surface area contributed by atoms with Gasteiger partial charge in [0.1, 0.15) is 0 Å². The molecule has 1 fully saturated rings. The molecule has 0 aliphatic heterocycles. The van der Waals surface area contributed by atoms with E-state index >= 15 is 0 Å². The first-order valence-electron chi connectivity index (χ1n) is 7.57. The molecule has 0 N–H and O–H groups in total. The van der Waals surface area contributed by atoms with Gasteiger partial charge in [-0.1, -0.05) is 24.3 Å². The highest BCUT2D eigenvalue weighted by Crippen LogP contribution is 2.44. The zero-order valence-corrected chi connectivity index (χ0v) is 12.1. The van der Waals surface area contributed by atoms with Crippen LogP contribution in [0.1, 0.15) is 52.9 Å². The van der Waals surface area contributed by atoms with Crippen LogP contribution in [0.3, 0.4) is 0 Å². The topological polar surface area (TPSA) is 39.2 Å². The van der Waals surface area contributed by atoms with Crippen molar-refractivity contribution in [2.24, 2.45) is 0 Å². The van der Waals surface area contributed by atoms with Gasteiger partial charge in [-0.05, 0) is 37.0 Å². The minimum atomic E-state index is -0.231. The molecule has 4 rings (SSSR count). The molecule has 106 valence electrons. The third kappa shape index (κ3) is 2.04. The Hall–Kier alpha value is -2.16. The van der Waals surface area contributed by atoms with Crippen LogP contribution >= 0.6 is 0 Å². The lowest BCUT2D eigenvalue weighted by atomic mass is 10.0. The third-order valence-corrected chi connectivity index (χ3v) is 4.24. The number of aromatic nitrogens is 1. The zero-order valence-electron chi connectivity index (χ0n) is 12.1. The maximum Gasteiger partial charge on any atom is 0.340 e. The van der Waals surface area contributed by atoms with Crippen LogP contribution in [0.25, 0.3) is 11.3 Å². The molecule has 2 aliphatic carbocycles. The molecule has 3 nitrogen and oxygen atoms in total. The van der Waals surface area contributed by atoms with E-state index in [-0.39, 0.29) is 5.97 Å². The first-order valence-corrected chi connectivity index (χ1v) is 7.57. The molecule has 1 aromatic heterocycles. The zero-order chi connectivity index (χ0) is 14.4. The van der Waals surface area contributed by atoms with Crippen molar-refractivity contribution < 1.29 is 9.53 Å². The second-order valence-corrected chi connectivity index (χ2v) is 5.76. The van der Waals surface area contributed by atoms with Crippen LogP contribution in [-0.2, 0) is 11.2 Å². The molecule has 0 radical (unpaired) electrons. The second-order valence-electron chi connectivity index (χ2n) is 5.76. The molecule has 3 heteroatoms. The van der Waals surface area contributed by atoms with Gasteiger partial charge in [-0.3, -0.25) is 4.98 Å². The average molecular weight is 279 g/mol. The lowest BCUT2D eigenvalue weighted by Crippen LogP contribution is -2.10. The Bertz CT molecular complexity index is 732. The van der Waals surface area contributed by atoms with Crippen LogP contribution in [0.15, 0.2) is 30.3 Å². The summed E-state index contributed by atoms with van der Waals surface area (Å²) in [6, 6.07) is 10.4. The summed E-state index contributed by atoms with van der Waals surface area (Å²) < 4.78 is 5.20. The summed E-state index contributed by atoms with van der Waals surface area (Å²) >= 11 is 0. The SMILES string of the molecule is CCOC(=O)c1cc2c(nc1C1CC1)-c1ccccc1C2. The number of esters is 1. The van der Waals surface area contributed by atoms with Crippen LogP contribution in [0.4, 0.5) is 0 Å². The van der Waals surface area contributed by atoms with Crippen molar-refractivity contribution in [3.05, 3.63) is 52.7 Å². The number of carbonyl (C=O) groups is 1. The van der Waals surface area contributed by atoms with E-state index < -0.39 is 0 Å². The molecule has 21 heavy (non-hydrogen) atoms. The van der Waals surface area contributed by atoms with E-state index in [0.29, 0.717) is 18.1 Å². The summed E-state index contributed by atoms with van der Waals surface area (Å²) in [4.78, 5) is 17.1. The van der Waals surface area contributed by atoms with E-state index in [1.54, 1.807) is 0 Å². The van der Waals surface area contributed by atoms with Crippen molar-refractivity contribution in [2.45, 2.75) is 32.1 Å². The number of carbonyl (C=O) groups excluding carboxylic acids is 1. The third-order valence-electron chi connectivity index (χ3n) is 4.24. The van der Waals surface area contributed by atoms with E-state index in [1.165, 1.54) is 11.1 Å². The van der Waals surface area contributed by atoms with E-state index in [9.17, 15) is 4.79 Å². The number of pyridine rings is 1. The fourth-order valence-electron chi connectivity index (χ4n) is 3.09. The van der Waals surface area contributed by atoms with Gasteiger partial charge in [0.25, 0.3) is 0 Å². The average Bonchev–Trinajstić information content (AvgIpc) is 3.27. The summed E-state index contributed by atoms with van der Waals surface area (Å²) in [5.74, 6) is 0.202. The molecule has 0 spiro atoms. The Labute approximate surface area is 124 Å². The molecule has 0 saturated heterocycles. The molecule has 2 aromatic rings. The maximum atomic E-state index is 12.2. The Balaban J connectivity index is 1.85. The van der Waals surface area contributed by atoms with E-state index in [4.69, 9.17) is 9.72 Å². The molecular formula is C18H17NO2. The predicted octanol–water partition coefficient (Wildman–Crippen LogP) is 3.71. The fraction of sp³-hybridized carbons (Fsp3) is 0.333. The highest BCUT2D eigenvalue weighted by Gasteiger charge is 2.33. The van der Waals surface area contributed by atoms with Crippen molar-refractivity contribution in [1.29, 1.82) is 0 Å². The van der Waals surface area contributed by atoms with Crippen LogP contribution < -0.4 is 0 Å². The number of hydrogen-bond donors (Lipinski definition) is 0. The van der Waals surface area contributed by atoms with Gasteiger partial charge >= 0.3 is 5.97 Å². The quantitative estimate of drug-likeness (QED) is 0.686. The van der Waals surface area contributed by atoms with E-state index in [2.05, 4.69) is 18.2 Å². The standard InChI is InChI=1S/C18H17NO2/c1-2-21-18(20)15-10-13-9-12-5-3-4-6-14(12)17(13)19-16(15)11-7-8-11/h3-6,10-11H,2,7-9H2,1H3. The molecule has 2 aliphatic rings. The summed E-state index contributed by atoms with van der Waals surface area (Å²) in [6.45, 7) is 2.24. The maximum absolute atomic E-state index is 12.2. The molecule has 0 bridgehead atoms. The highest BCUT2D eigenvalue weighted by atomic mass is 16.5. The number of nitrogens with zero attached hydrogens (tertiary/aromatic N) is 1. The van der Waals surface area contributed by atoms with Crippen molar-refractivity contribution in [2.75, 3.05) is 6.61 Å². The summed E-state index contributed by atoms with van der Waals surface area (Å²) in [6.07, 6.45) is 3.11. The lowest BCUT2D eigenvalue weighted by molar-refractivity contribution is 0.0524. The van der Waals surface area contributed by atoms with Crippen LogP contribution in [-0.4, -0.2) is 17.6 Å². The smallest absolute Gasteiger partial charge is 0.340 e. The van der Waals surface area contributed by atoms with E-state index in [1.807, 2.05) is 19.1 Å². The Morgan fingerprint density at radius 1 is 1.29 bits per heavy atom. The number of benzene rings is 1. The van der Waals surface area contributed by atoms with Gasteiger partial charge < -0.3 is 4.74 Å². The van der Waals surface area contributed by atoms with Gasteiger partial charge in [0, 0.05) is 17.9 Å². The normalized spacial score (nSPS) is 15.5. The lowest BCUT2D eigenvalue weighted by Gasteiger charge is -2.10. The molecular weight excluding hydrogens is 262 g/mol. The molecule has 1 heterocycles. The first-order chi connectivity index (χ1) is 10.3. The van der Waals surface area contributed by atoms with E-state index in [0.717, 1.165) is 36.2 Å². The van der Waals surface area contributed by atoms with Gasteiger partial charge in [-0.2, -0.15) is 0 Å². The largest absolute Gasteiger partial charge is 0.462 e. The summed E-state index contributed by atoms with van der Waals surface area (Å²) in [7, 11) is 0. The number of hydrogen-bond acceptors (Lipinski definition) is 3. The molecule has 1 aromatic carbocycles. The Morgan fingerprint density at radius 2 is 2.10 bits per heavy atom. The van der Waals surface area contributed by atoms with Crippen LogP contribution in [0.5, 0.6) is 0 Å². The van der Waals surface area contributed by atoms with Crippen molar-refractivity contribution in [3.63, 3.8) is 0 Å². The van der Waals surface area contributed by atoms with Crippen molar-refractivity contribution in [1.82, 2.24) is 4.98 Å².